The zero-order chi connectivity index (χ0) is 12.5. The van der Waals surface area contributed by atoms with Gasteiger partial charge in [0.1, 0.15) is 5.76 Å². The third kappa shape index (κ3) is 2.39. The van der Waals surface area contributed by atoms with Crippen molar-refractivity contribution in [3.8, 4) is 0 Å². The number of halogens is 1. The van der Waals surface area contributed by atoms with Crippen LogP contribution < -0.4 is 5.73 Å². The Morgan fingerprint density at radius 1 is 1.17 bits per heavy atom. The van der Waals surface area contributed by atoms with Gasteiger partial charge in [0.15, 0.2) is 0 Å². The number of rotatable bonds is 2. The molecule has 0 radical (unpaired) electrons. The van der Waals surface area contributed by atoms with E-state index >= 15 is 0 Å². The fraction of sp³-hybridized carbons (Fsp3) is 0.733. The molecule has 2 aliphatic rings. The maximum Gasteiger partial charge on any atom is 0.134 e. The van der Waals surface area contributed by atoms with Gasteiger partial charge in [-0.1, -0.05) is 25.7 Å². The predicted molar refractivity (Wildman–Crippen MR) is 76.1 cm³/mol. The Morgan fingerprint density at radius 2 is 1.94 bits per heavy atom. The molecule has 2 fully saturated rings. The molecule has 100 valence electrons. The average Bonchev–Trinajstić information content (AvgIpc) is 2.83. The van der Waals surface area contributed by atoms with Gasteiger partial charge in [0.25, 0.3) is 0 Å². The minimum Gasteiger partial charge on any atom is -0.466 e. The van der Waals surface area contributed by atoms with Crippen molar-refractivity contribution in [3.05, 3.63) is 22.6 Å². The molecule has 4 atom stereocenters. The fourth-order valence-electron chi connectivity index (χ4n) is 3.99. The summed E-state index contributed by atoms with van der Waals surface area (Å²) in [5.74, 6) is 3.46. The second-order valence-electron chi connectivity index (χ2n) is 6.04. The minimum absolute atomic E-state index is 0.0669. The maximum absolute atomic E-state index is 6.41. The smallest absolute Gasteiger partial charge is 0.134 e. The third-order valence-corrected chi connectivity index (χ3v) is 5.69. The molecule has 1 aromatic rings. The summed E-state index contributed by atoms with van der Waals surface area (Å²) in [4.78, 5) is 0. The molecule has 1 heterocycles. The van der Waals surface area contributed by atoms with Gasteiger partial charge in [0.05, 0.1) is 16.8 Å². The summed E-state index contributed by atoms with van der Waals surface area (Å²) in [5, 5.41) is 0. The van der Waals surface area contributed by atoms with Gasteiger partial charge in [-0.05, 0) is 59.0 Å². The van der Waals surface area contributed by atoms with Gasteiger partial charge in [0, 0.05) is 0 Å². The predicted octanol–water partition coefficient (Wildman–Crippen LogP) is 4.65. The molecule has 0 saturated heterocycles. The van der Waals surface area contributed by atoms with E-state index in [1.54, 1.807) is 6.26 Å². The maximum atomic E-state index is 6.41. The molecule has 3 rings (SSSR count). The van der Waals surface area contributed by atoms with E-state index in [9.17, 15) is 0 Å². The monoisotopic (exact) mass is 311 g/mol. The van der Waals surface area contributed by atoms with Crippen LogP contribution in [-0.2, 0) is 0 Å². The first-order chi connectivity index (χ1) is 8.75. The van der Waals surface area contributed by atoms with Crippen molar-refractivity contribution in [1.29, 1.82) is 0 Å². The summed E-state index contributed by atoms with van der Waals surface area (Å²) >= 11 is 3.53. The molecular weight excluding hydrogens is 290 g/mol. The lowest BCUT2D eigenvalue weighted by Gasteiger charge is -2.40. The SMILES string of the molecule is NC(c1occc1Br)C1CCC2CCCCC2C1. The van der Waals surface area contributed by atoms with E-state index in [1.165, 1.54) is 44.9 Å². The van der Waals surface area contributed by atoms with Crippen LogP contribution in [0.25, 0.3) is 0 Å². The minimum atomic E-state index is 0.0669. The topological polar surface area (TPSA) is 39.2 Å². The zero-order valence-electron chi connectivity index (χ0n) is 10.8. The Balaban J connectivity index is 1.68. The van der Waals surface area contributed by atoms with Gasteiger partial charge in [-0.15, -0.1) is 0 Å². The van der Waals surface area contributed by atoms with Crippen molar-refractivity contribution in [2.45, 2.75) is 51.0 Å². The zero-order valence-corrected chi connectivity index (χ0v) is 12.4. The highest BCUT2D eigenvalue weighted by molar-refractivity contribution is 9.10. The van der Waals surface area contributed by atoms with Gasteiger partial charge >= 0.3 is 0 Å². The van der Waals surface area contributed by atoms with E-state index in [0.29, 0.717) is 5.92 Å². The van der Waals surface area contributed by atoms with Crippen LogP contribution in [0.15, 0.2) is 21.2 Å². The summed E-state index contributed by atoms with van der Waals surface area (Å²) in [7, 11) is 0. The molecule has 1 aromatic heterocycles. The molecule has 0 spiro atoms. The van der Waals surface area contributed by atoms with Crippen molar-refractivity contribution in [2.75, 3.05) is 0 Å². The Labute approximate surface area is 117 Å². The molecule has 0 aromatic carbocycles. The first kappa shape index (κ1) is 12.7. The van der Waals surface area contributed by atoms with E-state index in [1.807, 2.05) is 6.07 Å². The van der Waals surface area contributed by atoms with Crippen LogP contribution >= 0.6 is 15.9 Å². The molecule has 0 aliphatic heterocycles. The van der Waals surface area contributed by atoms with E-state index in [0.717, 1.165) is 22.1 Å². The normalized spacial score (nSPS) is 34.0. The van der Waals surface area contributed by atoms with Crippen LogP contribution in [0.3, 0.4) is 0 Å². The Hall–Kier alpha value is -0.280. The number of hydrogen-bond acceptors (Lipinski definition) is 2. The molecular formula is C15H22BrNO. The number of fused-ring (bicyclic) bond motifs is 1. The van der Waals surface area contributed by atoms with Crippen molar-refractivity contribution >= 4 is 15.9 Å². The summed E-state index contributed by atoms with van der Waals surface area (Å²) in [6.07, 6.45) is 11.4. The summed E-state index contributed by atoms with van der Waals surface area (Å²) in [5.41, 5.74) is 6.41. The van der Waals surface area contributed by atoms with Crippen LogP contribution in [0.4, 0.5) is 0 Å². The largest absolute Gasteiger partial charge is 0.466 e. The van der Waals surface area contributed by atoms with Crippen molar-refractivity contribution in [1.82, 2.24) is 0 Å². The average molecular weight is 312 g/mol. The molecule has 2 aliphatic carbocycles. The highest BCUT2D eigenvalue weighted by Crippen LogP contribution is 2.46. The lowest BCUT2D eigenvalue weighted by molar-refractivity contribution is 0.113. The fourth-order valence-corrected chi connectivity index (χ4v) is 4.46. The number of nitrogens with two attached hydrogens (primary N) is 1. The van der Waals surface area contributed by atoms with Crippen LogP contribution in [0, 0.1) is 17.8 Å². The molecule has 3 heteroatoms. The van der Waals surface area contributed by atoms with Crippen molar-refractivity contribution < 1.29 is 4.42 Å². The molecule has 4 unspecified atom stereocenters. The number of hydrogen-bond donors (Lipinski definition) is 1. The molecule has 2 saturated carbocycles. The quantitative estimate of drug-likeness (QED) is 0.863. The Bertz CT molecular complexity index is 403. The van der Waals surface area contributed by atoms with Gasteiger partial charge in [0.2, 0.25) is 0 Å². The van der Waals surface area contributed by atoms with E-state index in [2.05, 4.69) is 15.9 Å². The molecule has 2 nitrogen and oxygen atoms in total. The van der Waals surface area contributed by atoms with E-state index < -0.39 is 0 Å². The molecule has 18 heavy (non-hydrogen) atoms. The van der Waals surface area contributed by atoms with Gasteiger partial charge in [-0.2, -0.15) is 0 Å². The third-order valence-electron chi connectivity index (χ3n) is 5.04. The second-order valence-corrected chi connectivity index (χ2v) is 6.89. The van der Waals surface area contributed by atoms with Crippen molar-refractivity contribution in [2.24, 2.45) is 23.5 Å². The summed E-state index contributed by atoms with van der Waals surface area (Å²) in [6, 6.07) is 2.01. The van der Waals surface area contributed by atoms with E-state index in [4.69, 9.17) is 10.2 Å². The summed E-state index contributed by atoms with van der Waals surface area (Å²) < 4.78 is 6.57. The molecule has 2 N–H and O–H groups in total. The first-order valence-corrected chi connectivity index (χ1v) is 8.03. The standard InChI is InChI=1S/C15H22BrNO/c16-13-7-8-18-15(13)14(17)12-6-5-10-3-1-2-4-11(10)9-12/h7-8,10-12,14H,1-6,9,17H2. The second kappa shape index (κ2) is 5.38. The lowest BCUT2D eigenvalue weighted by atomic mass is 9.66. The van der Waals surface area contributed by atoms with Crippen molar-refractivity contribution in [3.63, 3.8) is 0 Å². The lowest BCUT2D eigenvalue weighted by Crippen LogP contribution is -2.33. The van der Waals surface area contributed by atoms with Gasteiger partial charge in [-0.3, -0.25) is 0 Å². The Kier molecular flexibility index (Phi) is 3.81. The summed E-state index contributed by atoms with van der Waals surface area (Å²) in [6.45, 7) is 0. The van der Waals surface area contributed by atoms with Crippen LogP contribution in [0.5, 0.6) is 0 Å². The van der Waals surface area contributed by atoms with Crippen LogP contribution in [-0.4, -0.2) is 0 Å². The van der Waals surface area contributed by atoms with Crippen LogP contribution in [0.1, 0.15) is 56.7 Å². The number of furan rings is 1. The first-order valence-electron chi connectivity index (χ1n) is 7.24. The van der Waals surface area contributed by atoms with Crippen LogP contribution in [0.2, 0.25) is 0 Å². The van der Waals surface area contributed by atoms with E-state index in [-0.39, 0.29) is 6.04 Å². The molecule has 0 amide bonds. The highest BCUT2D eigenvalue weighted by Gasteiger charge is 2.35. The molecule has 0 bridgehead atoms. The van der Waals surface area contributed by atoms with Gasteiger partial charge < -0.3 is 10.2 Å². The van der Waals surface area contributed by atoms with Gasteiger partial charge in [-0.25, -0.2) is 0 Å². The Morgan fingerprint density at radius 3 is 2.67 bits per heavy atom. The highest BCUT2D eigenvalue weighted by atomic mass is 79.9.